The van der Waals surface area contributed by atoms with E-state index in [2.05, 4.69) is 10.1 Å². The second kappa shape index (κ2) is 8.84. The highest BCUT2D eigenvalue weighted by Crippen LogP contribution is 2.22. The predicted octanol–water partition coefficient (Wildman–Crippen LogP) is 5.80. The number of benzene rings is 2. The monoisotopic (exact) mass is 403 g/mol. The molecule has 1 heterocycles. The molecule has 0 fully saturated rings. The molecular formula is C21H19F2NO3S. The molecule has 1 aromatic heterocycles. The average molecular weight is 403 g/mol. The van der Waals surface area contributed by atoms with Crippen molar-refractivity contribution in [3.05, 3.63) is 75.5 Å². The van der Waals surface area contributed by atoms with E-state index in [1.807, 2.05) is 37.4 Å². The molecule has 0 aliphatic heterocycles. The largest absolute Gasteiger partial charge is 0.489 e. The number of thiophene rings is 1. The Kier molecular flexibility index (Phi) is 6.26. The molecule has 4 nitrogen and oxygen atoms in total. The van der Waals surface area contributed by atoms with Crippen molar-refractivity contribution >= 4 is 22.9 Å². The Hall–Kier alpha value is -2.93. The van der Waals surface area contributed by atoms with Gasteiger partial charge in [-0.1, -0.05) is 6.07 Å². The topological polar surface area (TPSA) is 47.6 Å². The molecule has 2 aromatic carbocycles. The van der Waals surface area contributed by atoms with Gasteiger partial charge in [0.15, 0.2) is 0 Å². The molecule has 3 aromatic rings. The number of rotatable bonds is 7. The number of carbonyl (C=O) groups is 1. The molecular weight excluding hydrogens is 384 g/mol. The minimum atomic E-state index is -2.88. The zero-order valence-electron chi connectivity index (χ0n) is 15.4. The second-order valence-electron chi connectivity index (χ2n) is 6.21. The van der Waals surface area contributed by atoms with E-state index in [0.717, 1.165) is 16.9 Å². The summed E-state index contributed by atoms with van der Waals surface area (Å²) in [5.74, 6) is 0.547. The van der Waals surface area contributed by atoms with Crippen molar-refractivity contribution in [1.82, 2.24) is 0 Å². The van der Waals surface area contributed by atoms with Gasteiger partial charge in [-0.2, -0.15) is 8.78 Å². The van der Waals surface area contributed by atoms with Gasteiger partial charge in [0, 0.05) is 11.3 Å². The normalized spacial score (nSPS) is 10.8. The maximum Gasteiger partial charge on any atom is 0.387 e. The molecule has 1 N–H and O–H groups in total. The van der Waals surface area contributed by atoms with Crippen molar-refractivity contribution in [2.45, 2.75) is 27.1 Å². The maximum absolute atomic E-state index is 12.4. The van der Waals surface area contributed by atoms with E-state index < -0.39 is 6.61 Å². The molecule has 28 heavy (non-hydrogen) atoms. The van der Waals surface area contributed by atoms with Gasteiger partial charge in [0.25, 0.3) is 5.91 Å². The van der Waals surface area contributed by atoms with Crippen LogP contribution in [0.1, 0.15) is 26.4 Å². The third kappa shape index (κ3) is 5.29. The maximum atomic E-state index is 12.4. The first-order valence-electron chi connectivity index (χ1n) is 8.54. The Balaban J connectivity index is 1.56. The Morgan fingerprint density at radius 2 is 1.75 bits per heavy atom. The van der Waals surface area contributed by atoms with E-state index in [1.165, 1.54) is 41.2 Å². The molecule has 3 rings (SSSR count). The van der Waals surface area contributed by atoms with E-state index in [1.54, 1.807) is 6.07 Å². The fourth-order valence-electron chi connectivity index (χ4n) is 2.45. The van der Waals surface area contributed by atoms with Crippen LogP contribution in [0.25, 0.3) is 0 Å². The summed E-state index contributed by atoms with van der Waals surface area (Å²) in [6.45, 7) is 1.56. The summed E-state index contributed by atoms with van der Waals surface area (Å²) in [6.07, 6.45) is 0. The summed E-state index contributed by atoms with van der Waals surface area (Å²) < 4.78 is 34.4. The third-order valence-corrected chi connectivity index (χ3v) is 5.08. The standard InChI is InChI=1S/C21H19F2NO3S/c1-13-3-6-18(9-14(13)2)26-11-15-10-19(28-12-15)20(25)24-16-4-7-17(8-5-16)27-21(22)23/h3-10,12,21H,11H2,1-2H3,(H,24,25). The highest BCUT2D eigenvalue weighted by molar-refractivity contribution is 7.12. The first kappa shape index (κ1) is 19.8. The van der Waals surface area contributed by atoms with Gasteiger partial charge in [-0.25, -0.2) is 0 Å². The molecule has 0 unspecified atom stereocenters. The van der Waals surface area contributed by atoms with Gasteiger partial charge in [0.2, 0.25) is 0 Å². The van der Waals surface area contributed by atoms with Gasteiger partial charge in [-0.15, -0.1) is 11.3 Å². The van der Waals surface area contributed by atoms with Gasteiger partial charge < -0.3 is 14.8 Å². The number of aryl methyl sites for hydroxylation is 2. The van der Waals surface area contributed by atoms with E-state index in [0.29, 0.717) is 17.2 Å². The van der Waals surface area contributed by atoms with E-state index >= 15 is 0 Å². The first-order chi connectivity index (χ1) is 13.4. The molecule has 0 spiro atoms. The van der Waals surface area contributed by atoms with Crippen molar-refractivity contribution in [1.29, 1.82) is 0 Å². The zero-order valence-corrected chi connectivity index (χ0v) is 16.2. The Labute approximate surface area is 165 Å². The summed E-state index contributed by atoms with van der Waals surface area (Å²) in [6, 6.07) is 13.4. The third-order valence-electron chi connectivity index (χ3n) is 4.10. The average Bonchev–Trinajstić information content (AvgIpc) is 3.13. The van der Waals surface area contributed by atoms with Crippen LogP contribution in [0.5, 0.6) is 11.5 Å². The lowest BCUT2D eigenvalue weighted by atomic mass is 10.1. The number of hydrogen-bond donors (Lipinski definition) is 1. The summed E-state index contributed by atoms with van der Waals surface area (Å²) >= 11 is 1.31. The smallest absolute Gasteiger partial charge is 0.387 e. The van der Waals surface area contributed by atoms with Crippen LogP contribution >= 0.6 is 11.3 Å². The van der Waals surface area contributed by atoms with Crippen LogP contribution in [-0.4, -0.2) is 12.5 Å². The fraction of sp³-hybridized carbons (Fsp3) is 0.190. The van der Waals surface area contributed by atoms with Crippen LogP contribution < -0.4 is 14.8 Å². The van der Waals surface area contributed by atoms with Gasteiger partial charge in [0.05, 0.1) is 4.88 Å². The number of hydrogen-bond acceptors (Lipinski definition) is 4. The lowest BCUT2D eigenvalue weighted by Gasteiger charge is -2.07. The highest BCUT2D eigenvalue weighted by atomic mass is 32.1. The van der Waals surface area contributed by atoms with Gasteiger partial charge in [-0.3, -0.25) is 4.79 Å². The summed E-state index contributed by atoms with van der Waals surface area (Å²) in [7, 11) is 0. The van der Waals surface area contributed by atoms with Crippen LogP contribution in [0.3, 0.4) is 0 Å². The fourth-order valence-corrected chi connectivity index (χ4v) is 3.25. The minimum Gasteiger partial charge on any atom is -0.489 e. The molecule has 0 saturated carbocycles. The lowest BCUT2D eigenvalue weighted by Crippen LogP contribution is -2.10. The van der Waals surface area contributed by atoms with Crippen molar-refractivity contribution in [3.8, 4) is 11.5 Å². The summed E-state index contributed by atoms with van der Waals surface area (Å²) in [5.41, 5.74) is 3.76. The number of anilines is 1. The van der Waals surface area contributed by atoms with Gasteiger partial charge in [-0.05, 0) is 72.8 Å². The molecule has 0 saturated heterocycles. The van der Waals surface area contributed by atoms with E-state index in [9.17, 15) is 13.6 Å². The van der Waals surface area contributed by atoms with Crippen molar-refractivity contribution in [2.75, 3.05) is 5.32 Å². The summed E-state index contributed by atoms with van der Waals surface area (Å²) in [5, 5.41) is 4.60. The molecule has 0 atom stereocenters. The number of nitrogens with one attached hydrogen (secondary N) is 1. The molecule has 7 heteroatoms. The molecule has 146 valence electrons. The van der Waals surface area contributed by atoms with Crippen LogP contribution in [0, 0.1) is 13.8 Å². The Bertz CT molecular complexity index is 955. The van der Waals surface area contributed by atoms with Crippen molar-refractivity contribution in [2.24, 2.45) is 0 Å². The van der Waals surface area contributed by atoms with Crippen LogP contribution in [-0.2, 0) is 6.61 Å². The number of carbonyl (C=O) groups excluding carboxylic acids is 1. The highest BCUT2D eigenvalue weighted by Gasteiger charge is 2.11. The molecule has 0 bridgehead atoms. The van der Waals surface area contributed by atoms with Crippen molar-refractivity contribution < 1.29 is 23.0 Å². The van der Waals surface area contributed by atoms with E-state index in [4.69, 9.17) is 4.74 Å². The first-order valence-corrected chi connectivity index (χ1v) is 9.42. The van der Waals surface area contributed by atoms with Crippen LogP contribution in [0.4, 0.5) is 14.5 Å². The van der Waals surface area contributed by atoms with Gasteiger partial charge in [0.1, 0.15) is 18.1 Å². The molecule has 0 aliphatic carbocycles. The van der Waals surface area contributed by atoms with Crippen LogP contribution in [0.15, 0.2) is 53.9 Å². The molecule has 0 radical (unpaired) electrons. The zero-order chi connectivity index (χ0) is 20.1. The van der Waals surface area contributed by atoms with Crippen LogP contribution in [0.2, 0.25) is 0 Å². The predicted molar refractivity (Wildman–Crippen MR) is 106 cm³/mol. The Morgan fingerprint density at radius 1 is 1.04 bits per heavy atom. The minimum absolute atomic E-state index is 0.0369. The molecule has 1 amide bonds. The molecule has 0 aliphatic rings. The second-order valence-corrected chi connectivity index (χ2v) is 7.12. The number of ether oxygens (including phenoxy) is 2. The van der Waals surface area contributed by atoms with Gasteiger partial charge >= 0.3 is 6.61 Å². The number of amides is 1. The SMILES string of the molecule is Cc1ccc(OCc2csc(C(=O)Nc3ccc(OC(F)F)cc3)c2)cc1C. The number of halogens is 2. The van der Waals surface area contributed by atoms with E-state index in [-0.39, 0.29) is 11.7 Å². The quantitative estimate of drug-likeness (QED) is 0.543. The lowest BCUT2D eigenvalue weighted by molar-refractivity contribution is -0.0498. The number of alkyl halides is 2. The Morgan fingerprint density at radius 3 is 2.43 bits per heavy atom. The van der Waals surface area contributed by atoms with Crippen molar-refractivity contribution in [3.63, 3.8) is 0 Å². The summed E-state index contributed by atoms with van der Waals surface area (Å²) in [4.78, 5) is 12.9.